The lowest BCUT2D eigenvalue weighted by Crippen LogP contribution is -2.05. The van der Waals surface area contributed by atoms with Crippen LogP contribution in [-0.2, 0) is 16.0 Å². The van der Waals surface area contributed by atoms with Crippen LogP contribution in [0.15, 0.2) is 53.8 Å². The lowest BCUT2D eigenvalue weighted by molar-refractivity contribution is -0.132. The third kappa shape index (κ3) is 7.90. The van der Waals surface area contributed by atoms with Crippen molar-refractivity contribution in [1.29, 1.82) is 0 Å². The van der Waals surface area contributed by atoms with Gasteiger partial charge in [-0.15, -0.1) is 0 Å². The average Bonchev–Trinajstić information content (AvgIpc) is 3.21. The van der Waals surface area contributed by atoms with E-state index in [9.17, 15) is 4.79 Å². The van der Waals surface area contributed by atoms with E-state index in [2.05, 4.69) is 45.2 Å². The number of carboxylic acid groups (broad SMARTS) is 1. The first kappa shape index (κ1) is 26.5. The summed E-state index contributed by atoms with van der Waals surface area (Å²) in [5.74, 6) is 0.924. The van der Waals surface area contributed by atoms with Gasteiger partial charge in [0.05, 0.1) is 7.11 Å². The molecule has 2 rings (SSSR count). The number of methoxy groups -OCH3 is 1. The highest BCUT2D eigenvalue weighted by Crippen LogP contribution is 2.35. The number of ether oxygens (including phenoxy) is 1. The largest absolute Gasteiger partial charge is 0.501 e. The fraction of sp³-hybridized carbons (Fsp3) is 0.464. The van der Waals surface area contributed by atoms with Crippen molar-refractivity contribution in [2.24, 2.45) is 5.92 Å². The molecule has 3 nitrogen and oxygen atoms in total. The van der Waals surface area contributed by atoms with Crippen LogP contribution in [-0.4, -0.2) is 18.2 Å². The molecule has 0 spiro atoms. The highest BCUT2D eigenvalue weighted by atomic mass is 16.5. The van der Waals surface area contributed by atoms with Gasteiger partial charge in [-0.25, -0.2) is 4.79 Å². The van der Waals surface area contributed by atoms with Crippen molar-refractivity contribution in [2.75, 3.05) is 7.11 Å². The van der Waals surface area contributed by atoms with Crippen LogP contribution in [0.4, 0.5) is 0 Å². The second-order valence-corrected chi connectivity index (χ2v) is 8.85. The van der Waals surface area contributed by atoms with Crippen molar-refractivity contribution in [3.63, 3.8) is 0 Å². The molecule has 31 heavy (non-hydrogen) atoms. The van der Waals surface area contributed by atoms with Gasteiger partial charge < -0.3 is 9.84 Å². The van der Waals surface area contributed by atoms with Gasteiger partial charge in [0.25, 0.3) is 0 Å². The predicted molar refractivity (Wildman–Crippen MR) is 133 cm³/mol. The summed E-state index contributed by atoms with van der Waals surface area (Å²) in [7, 11) is 1.73. The van der Waals surface area contributed by atoms with E-state index in [-0.39, 0.29) is 0 Å². The van der Waals surface area contributed by atoms with Gasteiger partial charge in [0.2, 0.25) is 0 Å². The second kappa shape index (κ2) is 12.3. The molecular weight excluding hydrogens is 384 g/mol. The minimum absolute atomic E-state index is 0.435. The molecule has 1 aromatic carbocycles. The van der Waals surface area contributed by atoms with Crippen LogP contribution in [0, 0.1) is 5.92 Å². The fourth-order valence-electron chi connectivity index (χ4n) is 3.81. The summed E-state index contributed by atoms with van der Waals surface area (Å²) in [4.78, 5) is 10.1. The average molecular weight is 425 g/mol. The summed E-state index contributed by atoms with van der Waals surface area (Å²) in [5, 5.41) is 8.29. The van der Waals surface area contributed by atoms with Gasteiger partial charge >= 0.3 is 5.97 Å². The van der Waals surface area contributed by atoms with E-state index in [1.54, 1.807) is 27.9 Å². The minimum Gasteiger partial charge on any atom is -0.501 e. The van der Waals surface area contributed by atoms with Crippen LogP contribution in [0.5, 0.6) is 0 Å². The van der Waals surface area contributed by atoms with Crippen LogP contribution in [0.1, 0.15) is 83.9 Å². The highest BCUT2D eigenvalue weighted by molar-refractivity contribution is 5.86. The molecule has 1 N–H and O–H groups in total. The third-order valence-corrected chi connectivity index (χ3v) is 6.01. The monoisotopic (exact) mass is 424 g/mol. The lowest BCUT2D eigenvalue weighted by Gasteiger charge is -2.19. The van der Waals surface area contributed by atoms with Gasteiger partial charge in [-0.1, -0.05) is 62.1 Å². The lowest BCUT2D eigenvalue weighted by atomic mass is 9.87. The Bertz CT molecular complexity index is 874. The molecule has 0 unspecified atom stereocenters. The van der Waals surface area contributed by atoms with E-state index in [1.807, 2.05) is 6.92 Å². The molecule has 0 aliphatic heterocycles. The van der Waals surface area contributed by atoms with Crippen molar-refractivity contribution < 1.29 is 14.6 Å². The Morgan fingerprint density at radius 1 is 1.06 bits per heavy atom. The molecule has 0 amide bonds. The molecule has 3 heteroatoms. The summed E-state index contributed by atoms with van der Waals surface area (Å²) >= 11 is 0. The smallest absolute Gasteiger partial charge is 0.331 e. The van der Waals surface area contributed by atoms with Crippen molar-refractivity contribution >= 4 is 17.1 Å². The van der Waals surface area contributed by atoms with Gasteiger partial charge in [0, 0.05) is 11.1 Å². The molecule has 0 aromatic heterocycles. The molecule has 0 radical (unpaired) electrons. The van der Waals surface area contributed by atoms with Crippen LogP contribution >= 0.6 is 0 Å². The summed E-state index contributed by atoms with van der Waals surface area (Å²) in [5.41, 5.74) is 8.45. The molecule has 0 atom stereocenters. The SMILES string of the molecule is C=C(C)/C(=C(/C)OC)c1cc(C(=C)C)ccc1CC1CCCC1.CC(C)=C(C)C(=O)O. The Labute approximate surface area is 189 Å². The van der Waals surface area contributed by atoms with Gasteiger partial charge in [-0.3, -0.25) is 0 Å². The van der Waals surface area contributed by atoms with E-state index in [1.165, 1.54) is 42.4 Å². The van der Waals surface area contributed by atoms with Gasteiger partial charge in [0.1, 0.15) is 5.76 Å². The first-order chi connectivity index (χ1) is 14.5. The topological polar surface area (TPSA) is 46.5 Å². The molecule has 1 aliphatic carbocycles. The zero-order chi connectivity index (χ0) is 23.7. The quantitative estimate of drug-likeness (QED) is 0.275. The molecule has 1 saturated carbocycles. The summed E-state index contributed by atoms with van der Waals surface area (Å²) in [6, 6.07) is 6.75. The number of rotatable bonds is 7. The van der Waals surface area contributed by atoms with Gasteiger partial charge in [0.15, 0.2) is 0 Å². The zero-order valence-corrected chi connectivity index (χ0v) is 20.5. The Hall–Kier alpha value is -2.55. The van der Waals surface area contributed by atoms with E-state index in [4.69, 9.17) is 9.84 Å². The van der Waals surface area contributed by atoms with Crippen LogP contribution < -0.4 is 0 Å². The third-order valence-electron chi connectivity index (χ3n) is 6.01. The number of benzene rings is 1. The first-order valence-corrected chi connectivity index (χ1v) is 11.1. The van der Waals surface area contributed by atoms with E-state index >= 15 is 0 Å². The Morgan fingerprint density at radius 3 is 2.03 bits per heavy atom. The Kier molecular flexibility index (Phi) is 10.5. The fourth-order valence-corrected chi connectivity index (χ4v) is 3.81. The maximum absolute atomic E-state index is 10.1. The zero-order valence-electron chi connectivity index (χ0n) is 20.5. The number of carboxylic acids is 1. The molecular formula is C28H40O3. The molecule has 1 aromatic rings. The Morgan fingerprint density at radius 2 is 1.65 bits per heavy atom. The van der Waals surface area contributed by atoms with E-state index in [0.29, 0.717) is 5.57 Å². The minimum atomic E-state index is -0.829. The van der Waals surface area contributed by atoms with Crippen molar-refractivity contribution in [1.82, 2.24) is 0 Å². The predicted octanol–water partition coefficient (Wildman–Crippen LogP) is 7.83. The maximum atomic E-state index is 10.1. The number of allylic oxidation sites excluding steroid dienone is 5. The van der Waals surface area contributed by atoms with Crippen LogP contribution in [0.2, 0.25) is 0 Å². The van der Waals surface area contributed by atoms with Crippen molar-refractivity contribution in [3.05, 3.63) is 70.5 Å². The van der Waals surface area contributed by atoms with Gasteiger partial charge in [-0.05, 0) is 82.2 Å². The normalized spacial score (nSPS) is 14.2. The summed E-state index contributed by atoms with van der Waals surface area (Å²) in [6.45, 7) is 19.6. The molecule has 0 saturated heterocycles. The number of hydrogen-bond acceptors (Lipinski definition) is 2. The van der Waals surface area contributed by atoms with Crippen molar-refractivity contribution in [3.8, 4) is 0 Å². The Balaban J connectivity index is 0.000000512. The number of aliphatic carboxylic acids is 1. The van der Waals surface area contributed by atoms with Crippen LogP contribution in [0.25, 0.3) is 11.1 Å². The van der Waals surface area contributed by atoms with E-state index in [0.717, 1.165) is 40.4 Å². The number of carbonyl (C=O) groups is 1. The second-order valence-electron chi connectivity index (χ2n) is 8.85. The summed E-state index contributed by atoms with van der Waals surface area (Å²) < 4.78 is 5.55. The number of hydrogen-bond donors (Lipinski definition) is 1. The van der Waals surface area contributed by atoms with Gasteiger partial charge in [-0.2, -0.15) is 0 Å². The van der Waals surface area contributed by atoms with Crippen molar-refractivity contribution in [2.45, 2.75) is 73.6 Å². The van der Waals surface area contributed by atoms with Crippen LogP contribution in [0.3, 0.4) is 0 Å². The maximum Gasteiger partial charge on any atom is 0.331 e. The molecule has 0 bridgehead atoms. The molecule has 1 aliphatic rings. The first-order valence-electron chi connectivity index (χ1n) is 11.1. The molecule has 170 valence electrons. The molecule has 0 heterocycles. The summed E-state index contributed by atoms with van der Waals surface area (Å²) in [6.07, 6.45) is 6.63. The highest BCUT2D eigenvalue weighted by Gasteiger charge is 2.20. The van der Waals surface area contributed by atoms with E-state index < -0.39 is 5.97 Å². The standard InChI is InChI=1S/C22H30O.C6H10O2/c1-15(2)19-11-12-20(13-18-9-7-8-10-18)21(14-19)22(16(3)4)17(5)23-6;1-4(2)5(3)6(7)8/h11-12,14,18H,1,3,7-10,13H2,2,4-6H3;1-3H3,(H,7,8)/b22-17+;. The molecule has 1 fully saturated rings.